The molecule has 0 saturated carbocycles. The maximum atomic E-state index is 12.7. The second-order valence-electron chi connectivity index (χ2n) is 5.51. The standard InChI is InChI=1S/C14H19N3O2S2/c1-9-5-6-10(2)12(11(9)15)21(18,19)17-14(3,4)13-16-7-8-20-13/h5-8,17H,15H2,1-4H3. The number of rotatable bonds is 4. The number of hydrogen-bond donors (Lipinski definition) is 2. The average Bonchev–Trinajstić information content (AvgIpc) is 2.87. The molecule has 0 fully saturated rings. The molecule has 0 aliphatic heterocycles. The van der Waals surface area contributed by atoms with Gasteiger partial charge in [-0.3, -0.25) is 0 Å². The van der Waals surface area contributed by atoms with Gasteiger partial charge in [0.1, 0.15) is 9.90 Å². The van der Waals surface area contributed by atoms with Crippen LogP contribution in [0, 0.1) is 13.8 Å². The Hall–Kier alpha value is -1.44. The fourth-order valence-corrected chi connectivity index (χ4v) is 4.72. The van der Waals surface area contributed by atoms with Crippen LogP contribution in [0.1, 0.15) is 30.0 Å². The van der Waals surface area contributed by atoms with Gasteiger partial charge in [0, 0.05) is 11.6 Å². The Balaban J connectivity index is 2.47. The summed E-state index contributed by atoms with van der Waals surface area (Å²) in [6.07, 6.45) is 1.66. The van der Waals surface area contributed by atoms with E-state index in [9.17, 15) is 8.42 Å². The van der Waals surface area contributed by atoms with Gasteiger partial charge < -0.3 is 5.73 Å². The highest BCUT2D eigenvalue weighted by atomic mass is 32.2. The van der Waals surface area contributed by atoms with Gasteiger partial charge in [-0.15, -0.1) is 11.3 Å². The van der Waals surface area contributed by atoms with Crippen LogP contribution in [0.3, 0.4) is 0 Å². The molecule has 0 atom stereocenters. The molecular weight excluding hydrogens is 306 g/mol. The van der Waals surface area contributed by atoms with Crippen molar-refractivity contribution >= 4 is 27.0 Å². The van der Waals surface area contributed by atoms with Crippen molar-refractivity contribution in [1.29, 1.82) is 0 Å². The van der Waals surface area contributed by atoms with Crippen LogP contribution in [0.2, 0.25) is 0 Å². The summed E-state index contributed by atoms with van der Waals surface area (Å²) in [5.41, 5.74) is 6.84. The van der Waals surface area contributed by atoms with E-state index in [1.54, 1.807) is 40.0 Å². The number of sulfonamides is 1. The van der Waals surface area contributed by atoms with Crippen molar-refractivity contribution in [1.82, 2.24) is 9.71 Å². The van der Waals surface area contributed by atoms with Crippen LogP contribution in [0.25, 0.3) is 0 Å². The van der Waals surface area contributed by atoms with Crippen LogP contribution in [0.5, 0.6) is 0 Å². The van der Waals surface area contributed by atoms with Crippen molar-refractivity contribution in [3.8, 4) is 0 Å². The summed E-state index contributed by atoms with van der Waals surface area (Å²) < 4.78 is 28.1. The summed E-state index contributed by atoms with van der Waals surface area (Å²) in [4.78, 5) is 4.33. The van der Waals surface area contributed by atoms with E-state index in [4.69, 9.17) is 5.73 Å². The Labute approximate surface area is 129 Å². The highest BCUT2D eigenvalue weighted by Crippen LogP contribution is 2.29. The lowest BCUT2D eigenvalue weighted by molar-refractivity contribution is 0.470. The SMILES string of the molecule is Cc1ccc(C)c(S(=O)(=O)NC(C)(C)c2nccs2)c1N. The molecule has 0 radical (unpaired) electrons. The molecule has 5 nitrogen and oxygen atoms in total. The first-order valence-electron chi connectivity index (χ1n) is 6.45. The Bertz CT molecular complexity index is 751. The molecule has 0 bridgehead atoms. The molecule has 0 aliphatic rings. The molecule has 7 heteroatoms. The average molecular weight is 325 g/mol. The minimum Gasteiger partial charge on any atom is -0.397 e. The number of aromatic nitrogens is 1. The monoisotopic (exact) mass is 325 g/mol. The normalized spacial score (nSPS) is 12.6. The zero-order chi connectivity index (χ0) is 15.8. The van der Waals surface area contributed by atoms with Crippen molar-refractivity contribution < 1.29 is 8.42 Å². The van der Waals surface area contributed by atoms with E-state index in [0.717, 1.165) is 5.56 Å². The number of hydrogen-bond acceptors (Lipinski definition) is 5. The first kappa shape index (κ1) is 15.9. The predicted octanol–water partition coefficient (Wildman–Crippen LogP) is 2.56. The summed E-state index contributed by atoms with van der Waals surface area (Å²) >= 11 is 1.41. The third kappa shape index (κ3) is 3.09. The van der Waals surface area contributed by atoms with Gasteiger partial charge in [0.25, 0.3) is 0 Å². The Kier molecular flexibility index (Phi) is 4.10. The van der Waals surface area contributed by atoms with Gasteiger partial charge in [0.15, 0.2) is 0 Å². The molecule has 0 saturated heterocycles. The summed E-state index contributed by atoms with van der Waals surface area (Å²) in [5, 5.41) is 2.52. The van der Waals surface area contributed by atoms with Crippen LogP contribution in [0.4, 0.5) is 5.69 Å². The molecule has 21 heavy (non-hydrogen) atoms. The number of nitrogen functional groups attached to an aromatic ring is 1. The van der Waals surface area contributed by atoms with E-state index < -0.39 is 15.6 Å². The molecular formula is C14H19N3O2S2. The van der Waals surface area contributed by atoms with Crippen LogP contribution in [0.15, 0.2) is 28.6 Å². The molecule has 0 aliphatic carbocycles. The first-order valence-corrected chi connectivity index (χ1v) is 8.81. The fourth-order valence-electron chi connectivity index (χ4n) is 2.13. The smallest absolute Gasteiger partial charge is 0.243 e. The van der Waals surface area contributed by atoms with E-state index >= 15 is 0 Å². The van der Waals surface area contributed by atoms with Crippen LogP contribution >= 0.6 is 11.3 Å². The minimum absolute atomic E-state index is 0.145. The highest BCUT2D eigenvalue weighted by molar-refractivity contribution is 7.89. The van der Waals surface area contributed by atoms with Crippen molar-refractivity contribution in [3.63, 3.8) is 0 Å². The maximum absolute atomic E-state index is 12.7. The largest absolute Gasteiger partial charge is 0.397 e. The molecule has 114 valence electrons. The fraction of sp³-hybridized carbons (Fsp3) is 0.357. The molecule has 0 amide bonds. The second kappa shape index (κ2) is 5.40. The summed E-state index contributed by atoms with van der Waals surface area (Å²) in [6, 6.07) is 3.58. The van der Waals surface area contributed by atoms with E-state index in [-0.39, 0.29) is 10.6 Å². The third-order valence-corrected chi connectivity index (χ3v) is 6.19. The number of thiazole rings is 1. The predicted molar refractivity (Wildman–Crippen MR) is 85.8 cm³/mol. The summed E-state index contributed by atoms with van der Waals surface area (Å²) in [6.45, 7) is 7.09. The van der Waals surface area contributed by atoms with E-state index in [1.165, 1.54) is 11.3 Å². The van der Waals surface area contributed by atoms with Crippen molar-refractivity contribution in [2.24, 2.45) is 0 Å². The number of nitrogens with two attached hydrogens (primary N) is 1. The number of nitrogens with zero attached hydrogens (tertiary/aromatic N) is 1. The molecule has 2 rings (SSSR count). The Morgan fingerprint density at radius 1 is 1.24 bits per heavy atom. The number of nitrogens with one attached hydrogen (secondary N) is 1. The van der Waals surface area contributed by atoms with Gasteiger partial charge in [0.05, 0.1) is 11.2 Å². The van der Waals surface area contributed by atoms with E-state index in [1.807, 2.05) is 11.4 Å². The topological polar surface area (TPSA) is 85.1 Å². The quantitative estimate of drug-likeness (QED) is 0.846. The minimum atomic E-state index is -3.74. The molecule has 0 spiro atoms. The first-order chi connectivity index (χ1) is 9.65. The lowest BCUT2D eigenvalue weighted by atomic mass is 10.1. The summed E-state index contributed by atoms with van der Waals surface area (Å²) in [5.74, 6) is 0. The molecule has 1 aromatic heterocycles. The molecule has 1 aromatic carbocycles. The maximum Gasteiger partial charge on any atom is 0.243 e. The lowest BCUT2D eigenvalue weighted by Gasteiger charge is -2.25. The van der Waals surface area contributed by atoms with Gasteiger partial charge in [-0.2, -0.15) is 4.72 Å². The number of benzene rings is 1. The van der Waals surface area contributed by atoms with Crippen LogP contribution < -0.4 is 10.5 Å². The highest BCUT2D eigenvalue weighted by Gasteiger charge is 2.32. The van der Waals surface area contributed by atoms with Gasteiger partial charge in [0.2, 0.25) is 10.0 Å². The van der Waals surface area contributed by atoms with Gasteiger partial charge in [-0.25, -0.2) is 13.4 Å². The van der Waals surface area contributed by atoms with Crippen LogP contribution in [-0.2, 0) is 15.6 Å². The molecule has 0 unspecified atom stereocenters. The van der Waals surface area contributed by atoms with Crippen LogP contribution in [-0.4, -0.2) is 13.4 Å². The molecule has 2 aromatic rings. The Morgan fingerprint density at radius 3 is 2.43 bits per heavy atom. The van der Waals surface area contributed by atoms with E-state index in [0.29, 0.717) is 10.6 Å². The summed E-state index contributed by atoms with van der Waals surface area (Å²) in [7, 11) is -3.74. The van der Waals surface area contributed by atoms with Gasteiger partial charge in [-0.05, 0) is 38.8 Å². The second-order valence-corrected chi connectivity index (χ2v) is 8.02. The molecule has 1 heterocycles. The Morgan fingerprint density at radius 2 is 1.86 bits per heavy atom. The van der Waals surface area contributed by atoms with Crippen molar-refractivity contribution in [2.75, 3.05) is 5.73 Å². The number of aryl methyl sites for hydroxylation is 2. The zero-order valence-corrected chi connectivity index (χ0v) is 14.1. The number of anilines is 1. The zero-order valence-electron chi connectivity index (χ0n) is 12.5. The van der Waals surface area contributed by atoms with Crippen molar-refractivity contribution in [3.05, 3.63) is 39.8 Å². The lowest BCUT2D eigenvalue weighted by Crippen LogP contribution is -2.41. The van der Waals surface area contributed by atoms with Gasteiger partial charge in [-0.1, -0.05) is 12.1 Å². The third-order valence-electron chi connectivity index (χ3n) is 3.24. The van der Waals surface area contributed by atoms with Crippen molar-refractivity contribution in [2.45, 2.75) is 38.1 Å². The molecule has 3 N–H and O–H groups in total. The van der Waals surface area contributed by atoms with E-state index in [2.05, 4.69) is 9.71 Å². The van der Waals surface area contributed by atoms with Gasteiger partial charge >= 0.3 is 0 Å².